The Bertz CT molecular complexity index is 1040. The fourth-order valence-corrected chi connectivity index (χ4v) is 4.91. The zero-order valence-corrected chi connectivity index (χ0v) is 16.3. The topological polar surface area (TPSA) is 68.1 Å². The summed E-state index contributed by atoms with van der Waals surface area (Å²) in [5.41, 5.74) is 1.96. The third kappa shape index (κ3) is 3.51. The molecule has 0 saturated heterocycles. The van der Waals surface area contributed by atoms with E-state index in [1.54, 1.807) is 23.3 Å². The summed E-state index contributed by atoms with van der Waals surface area (Å²) in [6.45, 7) is 2.64. The highest BCUT2D eigenvalue weighted by Crippen LogP contribution is 2.35. The lowest BCUT2D eigenvalue weighted by Crippen LogP contribution is -2.35. The van der Waals surface area contributed by atoms with Gasteiger partial charge in [0.25, 0.3) is 5.56 Å². The Kier molecular flexibility index (Phi) is 4.78. The second-order valence-electron chi connectivity index (χ2n) is 7.32. The van der Waals surface area contributed by atoms with Crippen LogP contribution in [0.3, 0.4) is 0 Å². The molecule has 1 aliphatic rings. The predicted molar refractivity (Wildman–Crippen MR) is 106 cm³/mol. The number of hydrogen-bond donors (Lipinski definition) is 0. The molecule has 1 amide bonds. The van der Waals surface area contributed by atoms with Crippen LogP contribution in [0.1, 0.15) is 29.3 Å². The van der Waals surface area contributed by atoms with Gasteiger partial charge >= 0.3 is 0 Å². The highest BCUT2D eigenvalue weighted by Gasteiger charge is 2.24. The number of hydrogen-bond acceptors (Lipinski definition) is 5. The molecule has 7 heteroatoms. The number of carbonyl (C=O) groups is 1. The number of benzene rings is 1. The smallest absolute Gasteiger partial charge is 0.279 e. The number of rotatable bonds is 4. The summed E-state index contributed by atoms with van der Waals surface area (Å²) in [5.74, 6) is 0.473. The zero-order valence-electron chi connectivity index (χ0n) is 15.5. The summed E-state index contributed by atoms with van der Waals surface area (Å²) in [6, 6.07) is 9.77. The molecular weight excluding hydrogens is 360 g/mol. The first-order valence-electron chi connectivity index (χ1n) is 9.19. The van der Waals surface area contributed by atoms with Crippen LogP contribution in [0.4, 0.5) is 0 Å². The van der Waals surface area contributed by atoms with Crippen LogP contribution in [-0.2, 0) is 30.7 Å². The molecule has 0 N–H and O–H groups in total. The summed E-state index contributed by atoms with van der Waals surface area (Å²) in [5, 5.41) is 8.91. The van der Waals surface area contributed by atoms with Crippen LogP contribution in [0.2, 0.25) is 0 Å². The molecule has 3 aromatic rings. The summed E-state index contributed by atoms with van der Waals surface area (Å²) < 4.78 is 1.21. The fraction of sp³-hybridized carbons (Fsp3) is 0.400. The molecule has 0 saturated carbocycles. The van der Waals surface area contributed by atoms with Crippen LogP contribution >= 0.6 is 11.3 Å². The number of likely N-dealkylation sites (N-methyl/N-ethyl adjacent to an activating group) is 1. The SMILES string of the molecule is C[C@@H]1CCc2c(sc3nnn(CC(=O)N(C)Cc4ccccc4)c(=O)c23)C1. The summed E-state index contributed by atoms with van der Waals surface area (Å²) in [4.78, 5) is 29.1. The lowest BCUT2D eigenvalue weighted by molar-refractivity contribution is -0.131. The van der Waals surface area contributed by atoms with Gasteiger partial charge in [-0.1, -0.05) is 42.5 Å². The molecule has 2 heterocycles. The van der Waals surface area contributed by atoms with E-state index in [-0.39, 0.29) is 18.0 Å². The first kappa shape index (κ1) is 17.9. The van der Waals surface area contributed by atoms with Crippen molar-refractivity contribution >= 4 is 27.5 Å². The van der Waals surface area contributed by atoms with Crippen LogP contribution in [0.5, 0.6) is 0 Å². The quantitative estimate of drug-likeness (QED) is 0.696. The maximum Gasteiger partial charge on any atom is 0.279 e. The number of thiophene rings is 1. The Morgan fingerprint density at radius 2 is 2.11 bits per heavy atom. The van der Waals surface area contributed by atoms with Gasteiger partial charge in [-0.15, -0.1) is 16.4 Å². The van der Waals surface area contributed by atoms with Crippen LogP contribution in [0, 0.1) is 5.92 Å². The molecular formula is C20H22N4O2S. The van der Waals surface area contributed by atoms with Gasteiger partial charge in [0.15, 0.2) is 4.83 Å². The molecule has 2 aromatic heterocycles. The average molecular weight is 382 g/mol. The number of fused-ring (bicyclic) bond motifs is 3. The Morgan fingerprint density at radius 3 is 2.89 bits per heavy atom. The monoisotopic (exact) mass is 382 g/mol. The molecule has 0 bridgehead atoms. The normalized spacial score (nSPS) is 16.3. The van der Waals surface area contributed by atoms with Crippen molar-refractivity contribution in [2.45, 2.75) is 39.3 Å². The zero-order chi connectivity index (χ0) is 19.0. The lowest BCUT2D eigenvalue weighted by Gasteiger charge is -2.18. The van der Waals surface area contributed by atoms with Crippen molar-refractivity contribution in [1.29, 1.82) is 0 Å². The van der Waals surface area contributed by atoms with Crippen molar-refractivity contribution in [3.05, 3.63) is 56.7 Å². The summed E-state index contributed by atoms with van der Waals surface area (Å²) in [7, 11) is 1.74. The van der Waals surface area contributed by atoms with Gasteiger partial charge in [0.2, 0.25) is 5.91 Å². The second-order valence-corrected chi connectivity index (χ2v) is 8.40. The van der Waals surface area contributed by atoms with E-state index in [2.05, 4.69) is 17.2 Å². The second kappa shape index (κ2) is 7.23. The van der Waals surface area contributed by atoms with Gasteiger partial charge in [-0.3, -0.25) is 9.59 Å². The van der Waals surface area contributed by atoms with Crippen molar-refractivity contribution < 1.29 is 4.79 Å². The van der Waals surface area contributed by atoms with Gasteiger partial charge in [-0.05, 0) is 36.3 Å². The van der Waals surface area contributed by atoms with Crippen molar-refractivity contribution in [3.63, 3.8) is 0 Å². The van der Waals surface area contributed by atoms with Crippen LogP contribution in [0.25, 0.3) is 10.2 Å². The molecule has 0 spiro atoms. The average Bonchev–Trinajstić information content (AvgIpc) is 3.02. The Labute approximate surface area is 161 Å². The number of carbonyl (C=O) groups excluding carboxylic acids is 1. The minimum absolute atomic E-state index is 0.0911. The molecule has 1 aromatic carbocycles. The number of nitrogens with zero attached hydrogens (tertiary/aromatic N) is 4. The van der Waals surface area contributed by atoms with E-state index in [1.807, 2.05) is 30.3 Å². The molecule has 27 heavy (non-hydrogen) atoms. The first-order valence-corrected chi connectivity index (χ1v) is 10.0. The molecule has 6 nitrogen and oxygen atoms in total. The van der Waals surface area contributed by atoms with E-state index in [4.69, 9.17) is 0 Å². The Morgan fingerprint density at radius 1 is 1.33 bits per heavy atom. The van der Waals surface area contributed by atoms with Crippen LogP contribution in [0.15, 0.2) is 35.1 Å². The molecule has 4 rings (SSSR count). The maximum absolute atomic E-state index is 13.0. The van der Waals surface area contributed by atoms with Crippen molar-refractivity contribution in [3.8, 4) is 0 Å². The van der Waals surface area contributed by atoms with Crippen molar-refractivity contribution in [2.75, 3.05) is 7.05 Å². The predicted octanol–water partition coefficient (Wildman–Crippen LogP) is 2.64. The van der Waals surface area contributed by atoms with Gasteiger partial charge in [-0.2, -0.15) is 0 Å². The van der Waals surface area contributed by atoms with E-state index in [0.717, 1.165) is 30.4 Å². The Balaban J connectivity index is 1.58. The van der Waals surface area contributed by atoms with Gasteiger partial charge in [0, 0.05) is 18.5 Å². The summed E-state index contributed by atoms with van der Waals surface area (Å²) >= 11 is 1.57. The van der Waals surface area contributed by atoms with Gasteiger partial charge in [0.05, 0.1) is 5.39 Å². The van der Waals surface area contributed by atoms with E-state index >= 15 is 0 Å². The van der Waals surface area contributed by atoms with Gasteiger partial charge in [0.1, 0.15) is 6.54 Å². The van der Waals surface area contributed by atoms with E-state index in [1.165, 1.54) is 9.56 Å². The number of aryl methyl sites for hydroxylation is 1. The van der Waals surface area contributed by atoms with Crippen LogP contribution in [-0.4, -0.2) is 32.8 Å². The maximum atomic E-state index is 13.0. The minimum atomic E-state index is -0.200. The van der Waals surface area contributed by atoms with Crippen LogP contribution < -0.4 is 5.56 Å². The van der Waals surface area contributed by atoms with E-state index in [9.17, 15) is 9.59 Å². The van der Waals surface area contributed by atoms with Gasteiger partial charge < -0.3 is 4.90 Å². The third-order valence-electron chi connectivity index (χ3n) is 5.16. The van der Waals surface area contributed by atoms with E-state index in [0.29, 0.717) is 22.7 Å². The van der Waals surface area contributed by atoms with Crippen molar-refractivity contribution in [1.82, 2.24) is 19.9 Å². The lowest BCUT2D eigenvalue weighted by atomic mass is 9.89. The number of aromatic nitrogens is 3. The standard InChI is InChI=1S/C20H22N4O2S/c1-13-8-9-15-16(10-13)27-19-18(15)20(26)24(22-21-19)12-17(25)23(2)11-14-6-4-3-5-7-14/h3-7,13H,8-12H2,1-2H3/t13-/m1/s1. The van der Waals surface area contributed by atoms with E-state index < -0.39 is 0 Å². The minimum Gasteiger partial charge on any atom is -0.340 e. The van der Waals surface area contributed by atoms with Gasteiger partial charge in [-0.25, -0.2) is 4.68 Å². The number of amides is 1. The summed E-state index contributed by atoms with van der Waals surface area (Å²) in [6.07, 6.45) is 2.98. The molecule has 0 aliphatic heterocycles. The third-order valence-corrected chi connectivity index (χ3v) is 6.30. The van der Waals surface area contributed by atoms with Crippen molar-refractivity contribution in [2.24, 2.45) is 5.92 Å². The highest BCUT2D eigenvalue weighted by atomic mass is 32.1. The molecule has 0 unspecified atom stereocenters. The fourth-order valence-electron chi connectivity index (χ4n) is 3.59. The molecule has 0 radical (unpaired) electrons. The molecule has 0 fully saturated rings. The largest absolute Gasteiger partial charge is 0.340 e. The molecule has 140 valence electrons. The Hall–Kier alpha value is -2.54. The highest BCUT2D eigenvalue weighted by molar-refractivity contribution is 7.18. The molecule has 1 atom stereocenters. The molecule has 1 aliphatic carbocycles. The first-order chi connectivity index (χ1) is 13.0.